The Bertz CT molecular complexity index is 666. The van der Waals surface area contributed by atoms with Crippen LogP contribution in [-0.2, 0) is 11.3 Å². The van der Waals surface area contributed by atoms with E-state index in [9.17, 15) is 4.79 Å². The van der Waals surface area contributed by atoms with Crippen LogP contribution in [0, 0.1) is 0 Å². The van der Waals surface area contributed by atoms with Crippen molar-refractivity contribution >= 4 is 29.3 Å². The molecule has 0 aliphatic carbocycles. The van der Waals surface area contributed by atoms with Gasteiger partial charge in [-0.05, 0) is 35.9 Å². The number of methoxy groups -OCH3 is 1. The number of rotatable bonds is 9. The van der Waals surface area contributed by atoms with Gasteiger partial charge in [0.25, 0.3) is 0 Å². The fraction of sp³-hybridized carbons (Fsp3) is 0.278. The SMILES string of the molecule is COc1cccc(CNC(=O)CSCCOc2cccc(Cl)c2)c1. The second kappa shape index (κ2) is 10.1. The molecule has 2 aromatic rings. The maximum Gasteiger partial charge on any atom is 0.230 e. The van der Waals surface area contributed by atoms with Crippen LogP contribution in [0.3, 0.4) is 0 Å². The lowest BCUT2D eigenvalue weighted by Crippen LogP contribution is -2.25. The van der Waals surface area contributed by atoms with Crippen LogP contribution in [0.4, 0.5) is 0 Å². The molecule has 1 amide bonds. The Morgan fingerprint density at radius 3 is 2.75 bits per heavy atom. The molecular weight excluding hydrogens is 346 g/mol. The van der Waals surface area contributed by atoms with E-state index in [1.807, 2.05) is 36.4 Å². The normalized spacial score (nSPS) is 10.2. The zero-order valence-electron chi connectivity index (χ0n) is 13.5. The van der Waals surface area contributed by atoms with Gasteiger partial charge in [0.2, 0.25) is 5.91 Å². The van der Waals surface area contributed by atoms with E-state index in [2.05, 4.69) is 5.32 Å². The van der Waals surface area contributed by atoms with Crippen molar-refractivity contribution in [2.24, 2.45) is 0 Å². The van der Waals surface area contributed by atoms with Gasteiger partial charge in [-0.3, -0.25) is 4.79 Å². The van der Waals surface area contributed by atoms with Crippen molar-refractivity contribution in [2.75, 3.05) is 25.2 Å². The van der Waals surface area contributed by atoms with Crippen molar-refractivity contribution in [2.45, 2.75) is 6.54 Å². The number of benzene rings is 2. The average molecular weight is 366 g/mol. The second-order valence-corrected chi connectivity index (χ2v) is 6.53. The largest absolute Gasteiger partial charge is 0.497 e. The molecular formula is C18H20ClNO3S. The number of carbonyl (C=O) groups is 1. The Morgan fingerprint density at radius 1 is 1.17 bits per heavy atom. The van der Waals surface area contributed by atoms with Crippen LogP contribution in [0.15, 0.2) is 48.5 Å². The van der Waals surface area contributed by atoms with Crippen LogP contribution in [0.1, 0.15) is 5.56 Å². The minimum atomic E-state index is 0.00516. The molecule has 6 heteroatoms. The number of hydrogen-bond acceptors (Lipinski definition) is 4. The molecule has 0 heterocycles. The minimum Gasteiger partial charge on any atom is -0.497 e. The molecule has 128 valence electrons. The van der Waals surface area contributed by atoms with Crippen LogP contribution < -0.4 is 14.8 Å². The third-order valence-electron chi connectivity index (χ3n) is 3.15. The summed E-state index contributed by atoms with van der Waals surface area (Å²) < 4.78 is 10.7. The highest BCUT2D eigenvalue weighted by Gasteiger charge is 2.03. The van der Waals surface area contributed by atoms with Gasteiger partial charge in [-0.25, -0.2) is 0 Å². The summed E-state index contributed by atoms with van der Waals surface area (Å²) in [6, 6.07) is 14.9. The molecule has 24 heavy (non-hydrogen) atoms. The zero-order chi connectivity index (χ0) is 17.2. The fourth-order valence-electron chi connectivity index (χ4n) is 1.97. The fourth-order valence-corrected chi connectivity index (χ4v) is 2.79. The molecule has 0 unspecified atom stereocenters. The van der Waals surface area contributed by atoms with Crippen LogP contribution in [0.2, 0.25) is 5.02 Å². The molecule has 0 aliphatic heterocycles. The lowest BCUT2D eigenvalue weighted by atomic mass is 10.2. The van der Waals surface area contributed by atoms with Crippen LogP contribution in [0.25, 0.3) is 0 Å². The first-order valence-corrected chi connectivity index (χ1v) is 9.06. The van der Waals surface area contributed by atoms with Crippen LogP contribution in [-0.4, -0.2) is 31.1 Å². The van der Waals surface area contributed by atoms with Crippen molar-refractivity contribution in [1.82, 2.24) is 5.32 Å². The first kappa shape index (κ1) is 18.5. The lowest BCUT2D eigenvalue weighted by molar-refractivity contribution is -0.118. The Hall–Kier alpha value is -1.85. The van der Waals surface area contributed by atoms with Crippen molar-refractivity contribution in [3.8, 4) is 11.5 Å². The lowest BCUT2D eigenvalue weighted by Gasteiger charge is -2.08. The van der Waals surface area contributed by atoms with Gasteiger partial charge in [0.15, 0.2) is 0 Å². The van der Waals surface area contributed by atoms with Gasteiger partial charge in [-0.2, -0.15) is 0 Å². The van der Waals surface area contributed by atoms with Gasteiger partial charge in [0.05, 0.1) is 19.5 Å². The summed E-state index contributed by atoms with van der Waals surface area (Å²) in [5.74, 6) is 2.67. The average Bonchev–Trinajstić information content (AvgIpc) is 2.60. The highest BCUT2D eigenvalue weighted by molar-refractivity contribution is 7.99. The first-order valence-electron chi connectivity index (χ1n) is 7.53. The maximum atomic E-state index is 11.8. The predicted molar refractivity (Wildman–Crippen MR) is 99.1 cm³/mol. The summed E-state index contributed by atoms with van der Waals surface area (Å²) in [6.07, 6.45) is 0. The number of carbonyl (C=O) groups excluding carboxylic acids is 1. The monoisotopic (exact) mass is 365 g/mol. The number of halogens is 1. The van der Waals surface area contributed by atoms with E-state index in [0.717, 1.165) is 22.8 Å². The summed E-state index contributed by atoms with van der Waals surface area (Å²) >= 11 is 7.42. The third kappa shape index (κ3) is 6.72. The number of hydrogen-bond donors (Lipinski definition) is 1. The minimum absolute atomic E-state index is 0.00516. The van der Waals surface area contributed by atoms with Crippen molar-refractivity contribution in [3.05, 3.63) is 59.1 Å². The molecule has 1 N–H and O–H groups in total. The van der Waals surface area contributed by atoms with Crippen molar-refractivity contribution < 1.29 is 14.3 Å². The van der Waals surface area contributed by atoms with E-state index < -0.39 is 0 Å². The highest BCUT2D eigenvalue weighted by atomic mass is 35.5. The molecule has 0 radical (unpaired) electrons. The smallest absolute Gasteiger partial charge is 0.230 e. The molecule has 0 saturated carbocycles. The van der Waals surface area contributed by atoms with E-state index in [1.165, 1.54) is 11.8 Å². The molecule has 0 aromatic heterocycles. The van der Waals surface area contributed by atoms with Gasteiger partial charge >= 0.3 is 0 Å². The van der Waals surface area contributed by atoms with E-state index in [4.69, 9.17) is 21.1 Å². The quantitative estimate of drug-likeness (QED) is 0.687. The zero-order valence-corrected chi connectivity index (χ0v) is 15.0. The summed E-state index contributed by atoms with van der Waals surface area (Å²) in [4.78, 5) is 11.8. The molecule has 0 spiro atoms. The Balaban J connectivity index is 1.59. The molecule has 0 fully saturated rings. The second-order valence-electron chi connectivity index (χ2n) is 4.99. The Labute approximate surface area is 151 Å². The van der Waals surface area contributed by atoms with Crippen LogP contribution >= 0.6 is 23.4 Å². The van der Waals surface area contributed by atoms with E-state index in [-0.39, 0.29) is 5.91 Å². The summed E-state index contributed by atoms with van der Waals surface area (Å²) in [7, 11) is 1.62. The van der Waals surface area contributed by atoms with Crippen molar-refractivity contribution in [1.29, 1.82) is 0 Å². The Kier molecular flexibility index (Phi) is 7.79. The number of amides is 1. The van der Waals surface area contributed by atoms with E-state index in [0.29, 0.717) is 23.9 Å². The van der Waals surface area contributed by atoms with Gasteiger partial charge in [0, 0.05) is 17.3 Å². The molecule has 0 bridgehead atoms. The van der Waals surface area contributed by atoms with Gasteiger partial charge < -0.3 is 14.8 Å². The number of thioether (sulfide) groups is 1. The maximum absolute atomic E-state index is 11.8. The summed E-state index contributed by atoms with van der Waals surface area (Å²) in [6.45, 7) is 1.03. The molecule has 4 nitrogen and oxygen atoms in total. The van der Waals surface area contributed by atoms with Gasteiger partial charge in [-0.1, -0.05) is 29.8 Å². The Morgan fingerprint density at radius 2 is 1.96 bits per heavy atom. The topological polar surface area (TPSA) is 47.6 Å². The van der Waals surface area contributed by atoms with E-state index >= 15 is 0 Å². The summed E-state index contributed by atoms with van der Waals surface area (Å²) in [5, 5.41) is 3.54. The predicted octanol–water partition coefficient (Wildman–Crippen LogP) is 3.78. The summed E-state index contributed by atoms with van der Waals surface area (Å²) in [5.41, 5.74) is 1.01. The molecule has 2 rings (SSSR count). The molecule has 0 atom stereocenters. The highest BCUT2D eigenvalue weighted by Crippen LogP contribution is 2.17. The van der Waals surface area contributed by atoms with Crippen LogP contribution in [0.5, 0.6) is 11.5 Å². The molecule has 0 saturated heterocycles. The van der Waals surface area contributed by atoms with Gasteiger partial charge in [-0.15, -0.1) is 11.8 Å². The molecule has 2 aromatic carbocycles. The standard InChI is InChI=1S/C18H20ClNO3S/c1-22-16-6-2-4-14(10-16)12-20-18(21)13-24-9-8-23-17-7-3-5-15(19)11-17/h2-7,10-11H,8-9,12-13H2,1H3,(H,20,21). The number of ether oxygens (including phenoxy) is 2. The van der Waals surface area contributed by atoms with Crippen molar-refractivity contribution in [3.63, 3.8) is 0 Å². The first-order chi connectivity index (χ1) is 11.7. The third-order valence-corrected chi connectivity index (χ3v) is 4.31. The number of nitrogens with one attached hydrogen (secondary N) is 1. The van der Waals surface area contributed by atoms with Gasteiger partial charge in [0.1, 0.15) is 11.5 Å². The molecule has 0 aliphatic rings. The van der Waals surface area contributed by atoms with E-state index in [1.54, 1.807) is 19.2 Å².